The van der Waals surface area contributed by atoms with Crippen LogP contribution in [-0.4, -0.2) is 42.7 Å². The van der Waals surface area contributed by atoms with Crippen molar-refractivity contribution in [3.63, 3.8) is 0 Å². The van der Waals surface area contributed by atoms with Crippen molar-refractivity contribution in [3.8, 4) is 0 Å². The summed E-state index contributed by atoms with van der Waals surface area (Å²) in [5, 5.41) is 3.30. The largest absolute Gasteiger partial charge is 0.341 e. The van der Waals surface area contributed by atoms with Crippen molar-refractivity contribution in [2.24, 2.45) is 0 Å². The van der Waals surface area contributed by atoms with E-state index in [9.17, 15) is 4.79 Å². The molecule has 0 aliphatic carbocycles. The lowest BCUT2D eigenvalue weighted by atomic mass is 9.97. The third-order valence-corrected chi connectivity index (χ3v) is 5.32. The van der Waals surface area contributed by atoms with Gasteiger partial charge in [-0.1, -0.05) is 18.2 Å². The van der Waals surface area contributed by atoms with Crippen molar-refractivity contribution in [2.75, 3.05) is 25.9 Å². The predicted molar refractivity (Wildman–Crippen MR) is 78.6 cm³/mol. The van der Waals surface area contributed by atoms with E-state index in [1.165, 1.54) is 16.9 Å². The Morgan fingerprint density at radius 1 is 1.42 bits per heavy atom. The summed E-state index contributed by atoms with van der Waals surface area (Å²) < 4.78 is 0. The molecule has 19 heavy (non-hydrogen) atoms. The van der Waals surface area contributed by atoms with Crippen LogP contribution >= 0.6 is 11.8 Å². The zero-order valence-electron chi connectivity index (χ0n) is 11.3. The first kappa shape index (κ1) is 13.0. The topological polar surface area (TPSA) is 32.3 Å². The molecule has 1 fully saturated rings. The summed E-state index contributed by atoms with van der Waals surface area (Å²) >= 11 is 1.81. The molecular weight excluding hydrogens is 256 g/mol. The molecule has 3 nitrogen and oxygen atoms in total. The number of nitrogens with zero attached hydrogens (tertiary/aromatic N) is 1. The first-order chi connectivity index (χ1) is 9.29. The van der Waals surface area contributed by atoms with Crippen molar-refractivity contribution in [1.82, 2.24) is 10.2 Å². The molecule has 1 amide bonds. The minimum atomic E-state index is 0.0665. The van der Waals surface area contributed by atoms with E-state index in [0.717, 1.165) is 25.3 Å². The minimum Gasteiger partial charge on any atom is -0.341 e. The molecule has 0 saturated carbocycles. The monoisotopic (exact) mass is 276 g/mol. The maximum absolute atomic E-state index is 12.7. The molecule has 2 atom stereocenters. The maximum Gasteiger partial charge on any atom is 0.231 e. The number of likely N-dealkylation sites (tertiary alicyclic amines) is 1. The molecule has 3 rings (SSSR count). The van der Waals surface area contributed by atoms with Gasteiger partial charge in [0.2, 0.25) is 5.91 Å². The first-order valence-electron chi connectivity index (χ1n) is 6.97. The van der Waals surface area contributed by atoms with Crippen molar-refractivity contribution >= 4 is 17.7 Å². The second-order valence-electron chi connectivity index (χ2n) is 5.31. The van der Waals surface area contributed by atoms with Gasteiger partial charge in [-0.2, -0.15) is 0 Å². The van der Waals surface area contributed by atoms with Crippen LogP contribution in [0.3, 0.4) is 0 Å². The van der Waals surface area contributed by atoms with Crippen molar-refractivity contribution in [3.05, 3.63) is 29.8 Å². The van der Waals surface area contributed by atoms with Crippen molar-refractivity contribution < 1.29 is 4.79 Å². The number of hydrogen-bond acceptors (Lipinski definition) is 3. The highest BCUT2D eigenvalue weighted by Gasteiger charge is 2.33. The summed E-state index contributed by atoms with van der Waals surface area (Å²) in [5.41, 5.74) is 1.23. The SMILES string of the molecule is CN[C@H]1CCCN(C(=O)[C@@H]2CSc3ccccc32)C1. The van der Waals surface area contributed by atoms with Gasteiger partial charge in [-0.05, 0) is 31.5 Å². The van der Waals surface area contributed by atoms with Gasteiger partial charge in [-0.25, -0.2) is 0 Å². The third kappa shape index (κ3) is 2.51. The number of nitrogens with one attached hydrogen (secondary N) is 1. The van der Waals surface area contributed by atoms with Crippen LogP contribution in [0.4, 0.5) is 0 Å². The van der Waals surface area contributed by atoms with E-state index in [-0.39, 0.29) is 5.92 Å². The maximum atomic E-state index is 12.7. The second-order valence-corrected chi connectivity index (χ2v) is 6.38. The van der Waals surface area contributed by atoms with Crippen molar-refractivity contribution in [1.29, 1.82) is 0 Å². The van der Waals surface area contributed by atoms with E-state index in [2.05, 4.69) is 28.4 Å². The van der Waals surface area contributed by atoms with Gasteiger partial charge in [0.05, 0.1) is 5.92 Å². The number of fused-ring (bicyclic) bond motifs is 1. The Labute approximate surface area is 118 Å². The molecule has 1 N–H and O–H groups in total. The number of likely N-dealkylation sites (N-methyl/N-ethyl adjacent to an activating group) is 1. The van der Waals surface area contributed by atoms with E-state index >= 15 is 0 Å². The smallest absolute Gasteiger partial charge is 0.231 e. The number of amides is 1. The quantitative estimate of drug-likeness (QED) is 0.897. The van der Waals surface area contributed by atoms with Crippen LogP contribution in [0.1, 0.15) is 24.3 Å². The molecule has 0 unspecified atom stereocenters. The van der Waals surface area contributed by atoms with Gasteiger partial charge in [0.25, 0.3) is 0 Å². The summed E-state index contributed by atoms with van der Waals surface area (Å²) in [7, 11) is 1.99. The van der Waals surface area contributed by atoms with Crippen LogP contribution in [0, 0.1) is 0 Å². The summed E-state index contributed by atoms with van der Waals surface area (Å²) in [6.45, 7) is 1.78. The fourth-order valence-corrected chi connectivity index (χ4v) is 4.22. The van der Waals surface area contributed by atoms with Gasteiger partial charge in [0, 0.05) is 29.8 Å². The van der Waals surface area contributed by atoms with E-state index in [1.54, 1.807) is 0 Å². The lowest BCUT2D eigenvalue weighted by Crippen LogP contribution is -2.48. The number of rotatable bonds is 2. The molecule has 1 aromatic carbocycles. The second kappa shape index (κ2) is 5.55. The van der Waals surface area contributed by atoms with Crippen molar-refractivity contribution in [2.45, 2.75) is 29.7 Å². The average molecular weight is 276 g/mol. The predicted octanol–water partition coefficient (Wildman–Crippen LogP) is 2.09. The Morgan fingerprint density at radius 3 is 3.11 bits per heavy atom. The molecule has 0 aromatic heterocycles. The highest BCUT2D eigenvalue weighted by molar-refractivity contribution is 7.99. The van der Waals surface area contributed by atoms with E-state index < -0.39 is 0 Å². The fourth-order valence-electron chi connectivity index (χ4n) is 3.00. The van der Waals surface area contributed by atoms with Gasteiger partial charge < -0.3 is 10.2 Å². The Kier molecular flexibility index (Phi) is 3.80. The highest BCUT2D eigenvalue weighted by Crippen LogP contribution is 2.40. The van der Waals surface area contributed by atoms with Gasteiger partial charge in [0.15, 0.2) is 0 Å². The summed E-state index contributed by atoms with van der Waals surface area (Å²) in [4.78, 5) is 16.0. The molecule has 1 saturated heterocycles. The highest BCUT2D eigenvalue weighted by atomic mass is 32.2. The van der Waals surface area contributed by atoms with Crippen LogP contribution in [0.25, 0.3) is 0 Å². The molecular formula is C15H20N2OS. The molecule has 1 aromatic rings. The van der Waals surface area contributed by atoms with E-state index in [4.69, 9.17) is 0 Å². The van der Waals surface area contributed by atoms with Crippen LogP contribution in [-0.2, 0) is 4.79 Å². The molecule has 2 heterocycles. The number of thioether (sulfide) groups is 1. The number of carbonyl (C=O) groups is 1. The fraction of sp³-hybridized carbons (Fsp3) is 0.533. The number of hydrogen-bond donors (Lipinski definition) is 1. The lowest BCUT2D eigenvalue weighted by molar-refractivity contribution is -0.133. The Morgan fingerprint density at radius 2 is 2.26 bits per heavy atom. The van der Waals surface area contributed by atoms with Gasteiger partial charge in [-0.15, -0.1) is 11.8 Å². The summed E-state index contributed by atoms with van der Waals surface area (Å²) in [5.74, 6) is 1.29. The Balaban J connectivity index is 1.75. The molecule has 2 aliphatic heterocycles. The summed E-state index contributed by atoms with van der Waals surface area (Å²) in [6.07, 6.45) is 2.29. The van der Waals surface area contributed by atoms with E-state index in [0.29, 0.717) is 11.9 Å². The number of piperidine rings is 1. The van der Waals surface area contributed by atoms with Crippen LogP contribution in [0.5, 0.6) is 0 Å². The minimum absolute atomic E-state index is 0.0665. The number of carbonyl (C=O) groups excluding carboxylic acids is 1. The molecule has 4 heteroatoms. The molecule has 0 radical (unpaired) electrons. The average Bonchev–Trinajstić information content (AvgIpc) is 2.90. The van der Waals surface area contributed by atoms with Gasteiger partial charge in [0.1, 0.15) is 0 Å². The third-order valence-electron chi connectivity index (χ3n) is 4.14. The summed E-state index contributed by atoms with van der Waals surface area (Å²) in [6, 6.07) is 8.79. The molecule has 102 valence electrons. The zero-order chi connectivity index (χ0) is 13.2. The number of benzene rings is 1. The normalized spacial score (nSPS) is 26.3. The Bertz CT molecular complexity index is 477. The van der Waals surface area contributed by atoms with Crippen LogP contribution in [0.15, 0.2) is 29.2 Å². The Hall–Kier alpha value is -1.00. The first-order valence-corrected chi connectivity index (χ1v) is 7.96. The lowest BCUT2D eigenvalue weighted by Gasteiger charge is -2.34. The standard InChI is InChI=1S/C15H20N2OS/c1-16-11-5-4-8-17(9-11)15(18)13-10-19-14-7-3-2-6-12(13)14/h2-3,6-7,11,13,16H,4-5,8-10H2,1H3/t11-,13+/m0/s1. The van der Waals surface area contributed by atoms with E-state index in [1.807, 2.05) is 24.9 Å². The van der Waals surface area contributed by atoms with Crippen LogP contribution in [0.2, 0.25) is 0 Å². The molecule has 2 aliphatic rings. The molecule has 0 bridgehead atoms. The van der Waals surface area contributed by atoms with Gasteiger partial charge in [-0.3, -0.25) is 4.79 Å². The van der Waals surface area contributed by atoms with Crippen LogP contribution < -0.4 is 5.32 Å². The van der Waals surface area contributed by atoms with Gasteiger partial charge >= 0.3 is 0 Å². The molecule has 0 spiro atoms. The zero-order valence-corrected chi connectivity index (χ0v) is 12.1.